The highest BCUT2D eigenvalue weighted by Gasteiger charge is 2.17. The number of anilines is 2. The van der Waals surface area contributed by atoms with Crippen molar-refractivity contribution >= 4 is 29.1 Å². The van der Waals surface area contributed by atoms with Crippen LogP contribution in [0.5, 0.6) is 0 Å². The maximum Gasteiger partial charge on any atom is 0.407 e. The number of nitrogens with one attached hydrogen (secondary N) is 2. The number of nitrogens with zero attached hydrogens (tertiary/aromatic N) is 3. The molecule has 0 spiro atoms. The molecule has 1 aliphatic heterocycles. The van der Waals surface area contributed by atoms with Gasteiger partial charge in [-0.3, -0.25) is 9.69 Å². The Hall–Kier alpha value is -2.66. The molecule has 1 aromatic heterocycles. The second-order valence-corrected chi connectivity index (χ2v) is 9.97. The fourth-order valence-corrected chi connectivity index (χ4v) is 3.91. The van der Waals surface area contributed by atoms with Gasteiger partial charge >= 0.3 is 6.09 Å². The second-order valence-electron chi connectivity index (χ2n) is 9.59. The Morgan fingerprint density at radius 3 is 2.64 bits per heavy atom. The van der Waals surface area contributed by atoms with E-state index in [1.807, 2.05) is 26.8 Å². The number of fused-ring (bicyclic) bond motifs is 1. The summed E-state index contributed by atoms with van der Waals surface area (Å²) in [5.74, 6) is 0. The van der Waals surface area contributed by atoms with Gasteiger partial charge in [-0.25, -0.2) is 9.48 Å². The zero-order chi connectivity index (χ0) is 26.1. The van der Waals surface area contributed by atoms with Crippen molar-refractivity contribution in [3.63, 3.8) is 0 Å². The standard InChI is InChI=1S/C25H36ClN5O5/c1-25(2,3)36-24(33)27-8-11-34-13-14-35-12-10-31-9-7-18-15-20(6-5-19(18)17-31)29-21-16-28-30(4)23(32)22(21)26/h5-6,15-16,29H,7-14,17H2,1-4H3,(H,27,33). The molecule has 2 heterocycles. The molecule has 3 rings (SSSR count). The number of aromatic nitrogens is 2. The minimum atomic E-state index is -0.507. The molecule has 0 unspecified atom stereocenters. The van der Waals surface area contributed by atoms with Crippen LogP contribution in [0.15, 0.2) is 29.2 Å². The van der Waals surface area contributed by atoms with Gasteiger partial charge in [0.25, 0.3) is 5.56 Å². The third kappa shape index (κ3) is 8.77. The summed E-state index contributed by atoms with van der Waals surface area (Å²) in [7, 11) is 1.57. The molecule has 2 N–H and O–H groups in total. The number of ether oxygens (including phenoxy) is 3. The van der Waals surface area contributed by atoms with Gasteiger partial charge in [-0.05, 0) is 50.5 Å². The SMILES string of the molecule is Cn1ncc(Nc2ccc3c(c2)CCN(CCOCCOCCNC(=O)OC(C)(C)C)C3)c(Cl)c1=O. The molecule has 0 fully saturated rings. The van der Waals surface area contributed by atoms with Gasteiger partial charge in [0.05, 0.1) is 38.3 Å². The smallest absolute Gasteiger partial charge is 0.407 e. The molecule has 36 heavy (non-hydrogen) atoms. The van der Waals surface area contributed by atoms with Crippen molar-refractivity contribution in [3.05, 3.63) is 50.9 Å². The lowest BCUT2D eigenvalue weighted by Gasteiger charge is -2.29. The summed E-state index contributed by atoms with van der Waals surface area (Å²) in [6.07, 6.45) is 2.04. The third-order valence-electron chi connectivity index (χ3n) is 5.49. The lowest BCUT2D eigenvalue weighted by molar-refractivity contribution is 0.0335. The van der Waals surface area contributed by atoms with E-state index in [1.54, 1.807) is 13.2 Å². The first-order valence-electron chi connectivity index (χ1n) is 12.1. The van der Waals surface area contributed by atoms with Gasteiger partial charge in [0, 0.05) is 38.9 Å². The van der Waals surface area contributed by atoms with Crippen LogP contribution < -0.4 is 16.2 Å². The lowest BCUT2D eigenvalue weighted by Crippen LogP contribution is -2.34. The van der Waals surface area contributed by atoms with E-state index < -0.39 is 11.7 Å². The Labute approximate surface area is 216 Å². The van der Waals surface area contributed by atoms with E-state index in [0.717, 1.165) is 31.7 Å². The van der Waals surface area contributed by atoms with Gasteiger partial charge in [-0.1, -0.05) is 17.7 Å². The van der Waals surface area contributed by atoms with Crippen LogP contribution in [0.4, 0.5) is 16.2 Å². The summed E-state index contributed by atoms with van der Waals surface area (Å²) < 4.78 is 17.5. The van der Waals surface area contributed by atoms with Crippen LogP contribution in [0.3, 0.4) is 0 Å². The van der Waals surface area contributed by atoms with Crippen LogP contribution in [0.1, 0.15) is 31.9 Å². The first kappa shape index (κ1) is 27.9. The minimum absolute atomic E-state index is 0.124. The Morgan fingerprint density at radius 1 is 1.14 bits per heavy atom. The first-order valence-corrected chi connectivity index (χ1v) is 12.5. The van der Waals surface area contributed by atoms with E-state index in [9.17, 15) is 9.59 Å². The molecule has 10 nitrogen and oxygen atoms in total. The van der Waals surface area contributed by atoms with Crippen LogP contribution >= 0.6 is 11.6 Å². The minimum Gasteiger partial charge on any atom is -0.444 e. The lowest BCUT2D eigenvalue weighted by atomic mass is 9.99. The Balaban J connectivity index is 1.31. The van der Waals surface area contributed by atoms with Crippen LogP contribution in [0.25, 0.3) is 0 Å². The zero-order valence-corrected chi connectivity index (χ0v) is 22.2. The Kier molecular flexibility index (Phi) is 10.1. The molecule has 2 aromatic rings. The number of carbonyl (C=O) groups excluding carboxylic acids is 1. The maximum absolute atomic E-state index is 12.0. The number of hydrogen-bond donors (Lipinski definition) is 2. The molecule has 0 bridgehead atoms. The quantitative estimate of drug-likeness (QED) is 0.434. The van der Waals surface area contributed by atoms with Gasteiger partial charge < -0.3 is 24.8 Å². The number of benzene rings is 1. The molecule has 1 aliphatic rings. The highest BCUT2D eigenvalue weighted by molar-refractivity contribution is 6.33. The zero-order valence-electron chi connectivity index (χ0n) is 21.4. The largest absolute Gasteiger partial charge is 0.444 e. The van der Waals surface area contributed by atoms with E-state index in [0.29, 0.717) is 38.7 Å². The average molecular weight is 522 g/mol. The highest BCUT2D eigenvalue weighted by atomic mass is 35.5. The molecule has 0 atom stereocenters. The molecule has 0 saturated heterocycles. The fraction of sp³-hybridized carbons (Fsp3) is 0.560. The molecular formula is C25H36ClN5O5. The Bertz CT molecular complexity index is 1090. The topological polar surface area (TPSA) is 107 Å². The van der Waals surface area contributed by atoms with E-state index in [2.05, 4.69) is 32.8 Å². The van der Waals surface area contributed by atoms with Crippen LogP contribution in [0, 0.1) is 0 Å². The fourth-order valence-electron chi connectivity index (χ4n) is 3.69. The highest BCUT2D eigenvalue weighted by Crippen LogP contribution is 2.26. The van der Waals surface area contributed by atoms with Gasteiger partial charge in [0.2, 0.25) is 0 Å². The van der Waals surface area contributed by atoms with Crippen LogP contribution in [-0.2, 0) is 34.2 Å². The molecule has 1 aromatic carbocycles. The van der Waals surface area contributed by atoms with Crippen molar-refractivity contribution in [1.29, 1.82) is 0 Å². The van der Waals surface area contributed by atoms with Crippen molar-refractivity contribution in [2.75, 3.05) is 51.4 Å². The summed E-state index contributed by atoms with van der Waals surface area (Å²) >= 11 is 6.16. The molecule has 1 amide bonds. The third-order valence-corrected chi connectivity index (χ3v) is 5.86. The summed E-state index contributed by atoms with van der Waals surface area (Å²) in [6, 6.07) is 6.19. The second kappa shape index (κ2) is 13.0. The number of alkyl carbamates (subject to hydrolysis) is 1. The number of halogens is 1. The molecular weight excluding hydrogens is 486 g/mol. The molecule has 0 aliphatic carbocycles. The monoisotopic (exact) mass is 521 g/mol. The summed E-state index contributed by atoms with van der Waals surface area (Å²) in [5.41, 5.74) is 3.09. The van der Waals surface area contributed by atoms with Gasteiger partial charge in [-0.15, -0.1) is 0 Å². The van der Waals surface area contributed by atoms with Crippen LogP contribution in [0.2, 0.25) is 5.02 Å². The van der Waals surface area contributed by atoms with Crippen molar-refractivity contribution < 1.29 is 19.0 Å². The molecule has 0 radical (unpaired) electrons. The van der Waals surface area contributed by atoms with Crippen molar-refractivity contribution in [2.45, 2.75) is 39.3 Å². The summed E-state index contributed by atoms with van der Waals surface area (Å²) in [6.45, 7) is 10.5. The number of carbonyl (C=O) groups is 1. The number of amides is 1. The van der Waals surface area contributed by atoms with Gasteiger partial charge in [0.15, 0.2) is 0 Å². The molecule has 198 valence electrons. The summed E-state index contributed by atoms with van der Waals surface area (Å²) in [5, 5.41) is 10.0. The summed E-state index contributed by atoms with van der Waals surface area (Å²) in [4.78, 5) is 25.9. The van der Waals surface area contributed by atoms with Crippen LogP contribution in [-0.4, -0.2) is 72.4 Å². The first-order chi connectivity index (χ1) is 17.1. The average Bonchev–Trinajstić information content (AvgIpc) is 2.82. The van der Waals surface area contributed by atoms with E-state index in [4.69, 9.17) is 25.8 Å². The normalized spacial score (nSPS) is 13.8. The van der Waals surface area contributed by atoms with Gasteiger partial charge in [-0.2, -0.15) is 5.10 Å². The predicted octanol–water partition coefficient (Wildman–Crippen LogP) is 3.09. The van der Waals surface area contributed by atoms with E-state index in [-0.39, 0.29) is 10.6 Å². The van der Waals surface area contributed by atoms with Crippen molar-refractivity contribution in [2.24, 2.45) is 7.05 Å². The molecule has 11 heteroatoms. The Morgan fingerprint density at radius 2 is 1.89 bits per heavy atom. The van der Waals surface area contributed by atoms with Gasteiger partial charge in [0.1, 0.15) is 10.6 Å². The number of hydrogen-bond acceptors (Lipinski definition) is 8. The number of rotatable bonds is 11. The van der Waals surface area contributed by atoms with Crippen molar-refractivity contribution in [1.82, 2.24) is 20.0 Å². The number of aryl methyl sites for hydroxylation is 1. The van der Waals surface area contributed by atoms with Crippen molar-refractivity contribution in [3.8, 4) is 0 Å². The predicted molar refractivity (Wildman–Crippen MR) is 139 cm³/mol. The van der Waals surface area contributed by atoms with E-state index >= 15 is 0 Å². The molecule has 0 saturated carbocycles. The van der Waals surface area contributed by atoms with E-state index in [1.165, 1.54) is 15.8 Å². The maximum atomic E-state index is 12.0.